The average molecular weight is 456 g/mol. The van der Waals surface area contributed by atoms with Crippen molar-refractivity contribution >= 4 is 46.0 Å². The van der Waals surface area contributed by atoms with Gasteiger partial charge in [0, 0.05) is 48.6 Å². The van der Waals surface area contributed by atoms with Gasteiger partial charge in [-0.3, -0.25) is 9.98 Å². The lowest BCUT2D eigenvalue weighted by molar-refractivity contribution is 0.302. The van der Waals surface area contributed by atoms with E-state index in [1.54, 1.807) is 37.6 Å². The zero-order valence-electron chi connectivity index (χ0n) is 18.5. The van der Waals surface area contributed by atoms with E-state index in [2.05, 4.69) is 20.8 Å². The minimum atomic E-state index is 0.364. The van der Waals surface area contributed by atoms with Crippen LogP contribution in [0, 0.1) is 0 Å². The third-order valence-corrected chi connectivity index (χ3v) is 5.50. The van der Waals surface area contributed by atoms with Gasteiger partial charge >= 0.3 is 0 Å². The molecule has 0 atom stereocenters. The number of pyridine rings is 2. The van der Waals surface area contributed by atoms with Crippen molar-refractivity contribution in [2.24, 2.45) is 10.7 Å². The van der Waals surface area contributed by atoms with Crippen molar-refractivity contribution in [1.82, 2.24) is 9.97 Å². The summed E-state index contributed by atoms with van der Waals surface area (Å²) in [4.78, 5) is 13.0. The van der Waals surface area contributed by atoms with E-state index in [9.17, 15) is 0 Å². The van der Waals surface area contributed by atoms with E-state index in [0.717, 1.165) is 44.7 Å². The molecule has 0 unspecified atom stereocenters. The maximum atomic E-state index is 6.48. The molecule has 2 heterocycles. The number of aliphatic imine (C=N–C) groups is 1. The zero-order valence-corrected chi connectivity index (χ0v) is 19.3. The maximum absolute atomic E-state index is 6.48. The minimum absolute atomic E-state index is 0.364. The first-order valence-electron chi connectivity index (χ1n) is 10.4. The lowest BCUT2D eigenvalue weighted by atomic mass is 10.0. The van der Waals surface area contributed by atoms with E-state index in [0.29, 0.717) is 12.3 Å². The molecular formula is C26H25N5OS. The van der Waals surface area contributed by atoms with Gasteiger partial charge in [-0.05, 0) is 59.7 Å². The van der Waals surface area contributed by atoms with Gasteiger partial charge < -0.3 is 15.2 Å². The summed E-state index contributed by atoms with van der Waals surface area (Å²) in [5.74, 6) is 0.746. The molecule has 4 rings (SSSR count). The summed E-state index contributed by atoms with van der Waals surface area (Å²) in [5.41, 5.74) is 12.6. The number of nitrogens with two attached hydrogens (primary N) is 1. The van der Waals surface area contributed by atoms with Gasteiger partial charge in [-0.15, -0.1) is 0 Å². The fourth-order valence-electron chi connectivity index (χ4n) is 3.50. The second-order valence-corrected chi connectivity index (χ2v) is 7.86. The summed E-state index contributed by atoms with van der Waals surface area (Å²) in [7, 11) is 1.73. The van der Waals surface area contributed by atoms with Crippen LogP contribution < -0.4 is 15.2 Å². The first-order valence-corrected chi connectivity index (χ1v) is 11.6. The van der Waals surface area contributed by atoms with Crippen LogP contribution in [0.25, 0.3) is 22.2 Å². The topological polar surface area (TPSA) is 85.4 Å². The molecule has 2 aromatic carbocycles. The Balaban J connectivity index is 1.53. The number of fused-ring (bicyclic) bond motifs is 1. The molecule has 0 saturated carbocycles. The van der Waals surface area contributed by atoms with E-state index in [1.165, 1.54) is 0 Å². The van der Waals surface area contributed by atoms with Gasteiger partial charge in [0.2, 0.25) is 0 Å². The molecule has 4 aromatic rings. The molecule has 0 aliphatic heterocycles. The van der Waals surface area contributed by atoms with Gasteiger partial charge in [0.25, 0.3) is 0 Å². The number of benzene rings is 2. The number of aromatic nitrogens is 2. The molecule has 2 aromatic heterocycles. The number of nitrogens with zero attached hydrogens (tertiary/aromatic N) is 3. The Kier molecular flexibility index (Phi) is 7.22. The number of para-hydroxylation sites is 1. The number of hydrogen-bond acceptors (Lipinski definition) is 7. The Bertz CT molecular complexity index is 1290. The zero-order chi connectivity index (χ0) is 23.0. The molecule has 0 saturated heterocycles. The summed E-state index contributed by atoms with van der Waals surface area (Å²) < 4.78 is 9.34. The van der Waals surface area contributed by atoms with E-state index in [1.807, 2.05) is 66.9 Å². The summed E-state index contributed by atoms with van der Waals surface area (Å²) >= 11 is 1.55. The predicted octanol–water partition coefficient (Wildman–Crippen LogP) is 5.43. The van der Waals surface area contributed by atoms with Crippen LogP contribution >= 0.6 is 11.9 Å². The van der Waals surface area contributed by atoms with Crippen molar-refractivity contribution < 1.29 is 4.74 Å². The van der Waals surface area contributed by atoms with Gasteiger partial charge in [0.05, 0.1) is 16.9 Å². The Morgan fingerprint density at radius 1 is 1.06 bits per heavy atom. The highest BCUT2D eigenvalue weighted by Crippen LogP contribution is 2.26. The number of allylic oxidation sites excluding steroid dienone is 1. The van der Waals surface area contributed by atoms with Gasteiger partial charge in [-0.25, -0.2) is 4.98 Å². The Labute approximate surface area is 197 Å². The van der Waals surface area contributed by atoms with E-state index >= 15 is 0 Å². The molecule has 33 heavy (non-hydrogen) atoms. The van der Waals surface area contributed by atoms with E-state index in [4.69, 9.17) is 15.5 Å². The maximum Gasteiger partial charge on any atom is 0.130 e. The third kappa shape index (κ3) is 5.32. The second kappa shape index (κ2) is 10.7. The summed E-state index contributed by atoms with van der Waals surface area (Å²) in [5, 5.41) is 1.09. The molecule has 7 heteroatoms. The summed E-state index contributed by atoms with van der Waals surface area (Å²) in [6, 6.07) is 21.7. The molecule has 0 amide bonds. The molecular weight excluding hydrogens is 430 g/mol. The van der Waals surface area contributed by atoms with Crippen molar-refractivity contribution in [2.45, 2.75) is 6.61 Å². The minimum Gasteiger partial charge on any atom is -0.487 e. The smallest absolute Gasteiger partial charge is 0.130 e. The number of ether oxygens (including phenoxy) is 1. The fraction of sp³-hybridized carbons (Fsp3) is 0.115. The fourth-order valence-corrected chi connectivity index (χ4v) is 3.89. The van der Waals surface area contributed by atoms with Crippen LogP contribution in [0.4, 0.5) is 5.69 Å². The first kappa shape index (κ1) is 22.4. The van der Waals surface area contributed by atoms with Crippen LogP contribution in [-0.4, -0.2) is 29.5 Å². The highest BCUT2D eigenvalue weighted by molar-refractivity contribution is 7.99. The van der Waals surface area contributed by atoms with Gasteiger partial charge in [-0.1, -0.05) is 30.1 Å². The summed E-state index contributed by atoms with van der Waals surface area (Å²) in [6.07, 6.45) is 7.24. The van der Waals surface area contributed by atoms with Gasteiger partial charge in [0.15, 0.2) is 0 Å². The van der Waals surface area contributed by atoms with Crippen molar-refractivity contribution in [2.75, 3.05) is 18.0 Å². The molecule has 0 aliphatic rings. The van der Waals surface area contributed by atoms with Crippen LogP contribution in [0.5, 0.6) is 5.75 Å². The quantitative estimate of drug-likeness (QED) is 0.272. The highest BCUT2D eigenvalue weighted by atomic mass is 32.2. The molecule has 166 valence electrons. The van der Waals surface area contributed by atoms with Crippen molar-refractivity contribution in [1.29, 1.82) is 0 Å². The van der Waals surface area contributed by atoms with E-state index in [-0.39, 0.29) is 0 Å². The molecule has 0 spiro atoms. The Morgan fingerprint density at radius 2 is 1.82 bits per heavy atom. The number of anilines is 1. The normalized spacial score (nSPS) is 12.1. The largest absolute Gasteiger partial charge is 0.487 e. The SMILES string of the molecule is CN=CC(=C(N)c1ccc(OCc2cc(NSC)c3ccccc3n2)cc1)c1ccncc1. The van der Waals surface area contributed by atoms with Crippen LogP contribution in [0.15, 0.2) is 84.1 Å². The van der Waals surface area contributed by atoms with Gasteiger partial charge in [0.1, 0.15) is 12.4 Å². The van der Waals surface area contributed by atoms with Crippen molar-refractivity contribution in [3.63, 3.8) is 0 Å². The van der Waals surface area contributed by atoms with Crippen molar-refractivity contribution in [3.05, 3.63) is 95.9 Å². The molecule has 3 N–H and O–H groups in total. The molecule has 0 fully saturated rings. The first-order chi connectivity index (χ1) is 16.2. The van der Waals surface area contributed by atoms with Crippen LogP contribution in [-0.2, 0) is 6.61 Å². The Morgan fingerprint density at radius 3 is 2.55 bits per heavy atom. The molecule has 0 aliphatic carbocycles. The monoisotopic (exact) mass is 455 g/mol. The standard InChI is InChI=1S/C26H25N5OS/c1-28-16-23(18-11-13-29-14-12-18)26(27)19-7-9-21(10-8-19)32-17-20-15-25(31-33-2)22-5-3-4-6-24(22)30-20/h3-16H,17,27H2,1-2H3,(H,30,31). The highest BCUT2D eigenvalue weighted by Gasteiger charge is 2.09. The predicted molar refractivity (Wildman–Crippen MR) is 139 cm³/mol. The second-order valence-electron chi connectivity index (χ2n) is 7.25. The van der Waals surface area contributed by atoms with Crippen LogP contribution in [0.3, 0.4) is 0 Å². The van der Waals surface area contributed by atoms with Crippen LogP contribution in [0.1, 0.15) is 16.8 Å². The van der Waals surface area contributed by atoms with Crippen molar-refractivity contribution in [3.8, 4) is 5.75 Å². The third-order valence-electron chi connectivity index (χ3n) is 5.07. The lowest BCUT2D eigenvalue weighted by Gasteiger charge is -2.12. The number of rotatable bonds is 8. The molecule has 0 bridgehead atoms. The lowest BCUT2D eigenvalue weighted by Crippen LogP contribution is -2.03. The van der Waals surface area contributed by atoms with Gasteiger partial charge in [-0.2, -0.15) is 0 Å². The molecule has 6 nitrogen and oxygen atoms in total. The number of hydrogen-bond donors (Lipinski definition) is 2. The average Bonchev–Trinajstić information content (AvgIpc) is 2.87. The molecule has 0 radical (unpaired) electrons. The van der Waals surface area contributed by atoms with Crippen LogP contribution in [0.2, 0.25) is 0 Å². The Hall–Kier alpha value is -3.84. The van der Waals surface area contributed by atoms with E-state index < -0.39 is 0 Å². The number of nitrogens with one attached hydrogen (secondary N) is 1. The summed E-state index contributed by atoms with van der Waals surface area (Å²) in [6.45, 7) is 0.364.